The molecule has 106 valence electrons. The van der Waals surface area contributed by atoms with Crippen LogP contribution < -0.4 is 0 Å². The zero-order valence-corrected chi connectivity index (χ0v) is 12.6. The predicted molar refractivity (Wildman–Crippen MR) is 77.9 cm³/mol. The summed E-state index contributed by atoms with van der Waals surface area (Å²) in [5, 5.41) is 0. The van der Waals surface area contributed by atoms with Crippen LogP contribution in [0.1, 0.15) is 77.6 Å². The molecule has 0 bridgehead atoms. The highest BCUT2D eigenvalue weighted by Crippen LogP contribution is 2.34. The molecule has 0 N–H and O–H groups in total. The second-order valence-corrected chi connectivity index (χ2v) is 6.07. The summed E-state index contributed by atoms with van der Waals surface area (Å²) in [6.07, 6.45) is 12.9. The minimum Gasteiger partial charge on any atom is -0.298 e. The van der Waals surface area contributed by atoms with E-state index in [9.17, 15) is 4.79 Å². The monoisotopic (exact) mass is 253 g/mol. The van der Waals surface area contributed by atoms with Gasteiger partial charge in [0, 0.05) is 6.42 Å². The first-order valence-electron chi connectivity index (χ1n) is 7.84. The fourth-order valence-corrected chi connectivity index (χ4v) is 3.23. The molecule has 0 spiro atoms. The molecule has 0 atom stereocenters. The molecule has 0 aliphatic heterocycles. The van der Waals surface area contributed by atoms with Crippen LogP contribution in [0.2, 0.25) is 0 Å². The number of carbonyl (C=O) groups is 1. The Labute approximate surface area is 113 Å². The zero-order chi connectivity index (χ0) is 13.4. The first-order valence-corrected chi connectivity index (χ1v) is 7.84. The minimum atomic E-state index is -0.122. The van der Waals surface area contributed by atoms with Crippen molar-refractivity contribution in [2.75, 3.05) is 14.1 Å². The van der Waals surface area contributed by atoms with Gasteiger partial charge >= 0.3 is 0 Å². The smallest absolute Gasteiger partial charge is 0.153 e. The van der Waals surface area contributed by atoms with E-state index in [1.54, 1.807) is 0 Å². The Bertz CT molecular complexity index is 241. The summed E-state index contributed by atoms with van der Waals surface area (Å²) < 4.78 is 0. The van der Waals surface area contributed by atoms with Crippen molar-refractivity contribution in [1.82, 2.24) is 4.90 Å². The third-order valence-electron chi connectivity index (χ3n) is 4.56. The van der Waals surface area contributed by atoms with Gasteiger partial charge in [-0.2, -0.15) is 0 Å². The molecule has 0 amide bonds. The number of nitrogens with zero attached hydrogens (tertiary/aromatic N) is 1. The summed E-state index contributed by atoms with van der Waals surface area (Å²) in [5.41, 5.74) is -0.122. The predicted octanol–water partition coefficient (Wildman–Crippen LogP) is 4.18. The molecular formula is C16H31NO. The van der Waals surface area contributed by atoms with Crippen LogP contribution in [0.15, 0.2) is 0 Å². The standard InChI is InChI=1S/C16H31NO/c1-4-5-6-7-9-12-15(18)16(17(2)3)13-10-8-11-14-16/h4-14H2,1-3H3. The first kappa shape index (κ1) is 15.7. The van der Waals surface area contributed by atoms with Crippen molar-refractivity contribution >= 4 is 5.78 Å². The van der Waals surface area contributed by atoms with E-state index in [2.05, 4.69) is 25.9 Å². The molecule has 0 aromatic carbocycles. The van der Waals surface area contributed by atoms with E-state index in [1.165, 1.54) is 44.9 Å². The maximum absolute atomic E-state index is 12.6. The average Bonchev–Trinajstić information content (AvgIpc) is 2.39. The molecule has 0 heterocycles. The fraction of sp³-hybridized carbons (Fsp3) is 0.938. The number of rotatable bonds is 8. The Kier molecular flexibility index (Phi) is 6.91. The topological polar surface area (TPSA) is 20.3 Å². The van der Waals surface area contributed by atoms with Gasteiger partial charge in [-0.1, -0.05) is 51.9 Å². The van der Waals surface area contributed by atoms with Crippen LogP contribution in [0, 0.1) is 0 Å². The van der Waals surface area contributed by atoms with Crippen LogP contribution in [-0.4, -0.2) is 30.3 Å². The molecule has 1 aliphatic rings. The van der Waals surface area contributed by atoms with Crippen molar-refractivity contribution < 1.29 is 4.79 Å². The lowest BCUT2D eigenvalue weighted by atomic mass is 9.76. The van der Waals surface area contributed by atoms with Crippen molar-refractivity contribution in [1.29, 1.82) is 0 Å². The minimum absolute atomic E-state index is 0.122. The molecule has 18 heavy (non-hydrogen) atoms. The van der Waals surface area contributed by atoms with Crippen LogP contribution in [0.5, 0.6) is 0 Å². The lowest BCUT2D eigenvalue weighted by Crippen LogP contribution is -2.52. The molecule has 0 radical (unpaired) electrons. The second-order valence-electron chi connectivity index (χ2n) is 6.07. The highest BCUT2D eigenvalue weighted by molar-refractivity contribution is 5.88. The lowest BCUT2D eigenvalue weighted by Gasteiger charge is -2.41. The summed E-state index contributed by atoms with van der Waals surface area (Å²) in [5.74, 6) is 0.503. The second kappa shape index (κ2) is 7.93. The molecule has 1 aliphatic carbocycles. The molecule has 0 unspecified atom stereocenters. The molecular weight excluding hydrogens is 222 g/mol. The van der Waals surface area contributed by atoms with Gasteiger partial charge in [0.05, 0.1) is 5.54 Å². The van der Waals surface area contributed by atoms with Crippen LogP contribution >= 0.6 is 0 Å². The Hall–Kier alpha value is -0.370. The van der Waals surface area contributed by atoms with E-state index >= 15 is 0 Å². The van der Waals surface area contributed by atoms with E-state index in [0.29, 0.717) is 5.78 Å². The van der Waals surface area contributed by atoms with Crippen LogP contribution in [0.4, 0.5) is 0 Å². The van der Waals surface area contributed by atoms with E-state index in [1.807, 2.05) is 0 Å². The van der Waals surface area contributed by atoms with E-state index in [4.69, 9.17) is 0 Å². The molecule has 2 heteroatoms. The Morgan fingerprint density at radius 2 is 1.61 bits per heavy atom. The van der Waals surface area contributed by atoms with E-state index < -0.39 is 0 Å². The number of unbranched alkanes of at least 4 members (excludes halogenated alkanes) is 4. The van der Waals surface area contributed by atoms with Crippen molar-refractivity contribution in [2.24, 2.45) is 0 Å². The first-order chi connectivity index (χ1) is 8.63. The van der Waals surface area contributed by atoms with Crippen LogP contribution in [0.3, 0.4) is 0 Å². The maximum atomic E-state index is 12.6. The van der Waals surface area contributed by atoms with Gasteiger partial charge in [0.2, 0.25) is 0 Å². The normalized spacial score (nSPS) is 19.1. The van der Waals surface area contributed by atoms with E-state index in [0.717, 1.165) is 25.7 Å². The number of likely N-dealkylation sites (N-methyl/N-ethyl adjacent to an activating group) is 1. The zero-order valence-electron chi connectivity index (χ0n) is 12.6. The lowest BCUT2D eigenvalue weighted by molar-refractivity contribution is -0.132. The van der Waals surface area contributed by atoms with Crippen molar-refractivity contribution in [3.8, 4) is 0 Å². The summed E-state index contributed by atoms with van der Waals surface area (Å²) >= 11 is 0. The molecule has 2 nitrogen and oxygen atoms in total. The van der Waals surface area contributed by atoms with Gasteiger partial charge in [0.1, 0.15) is 0 Å². The summed E-state index contributed by atoms with van der Waals surface area (Å²) in [4.78, 5) is 14.7. The summed E-state index contributed by atoms with van der Waals surface area (Å²) in [7, 11) is 4.17. The van der Waals surface area contributed by atoms with Crippen molar-refractivity contribution in [3.63, 3.8) is 0 Å². The maximum Gasteiger partial charge on any atom is 0.153 e. The Balaban J connectivity index is 2.40. The van der Waals surface area contributed by atoms with Crippen molar-refractivity contribution in [2.45, 2.75) is 83.1 Å². The van der Waals surface area contributed by atoms with Gasteiger partial charge in [-0.25, -0.2) is 0 Å². The molecule has 1 rings (SSSR count). The van der Waals surface area contributed by atoms with Crippen LogP contribution in [0.25, 0.3) is 0 Å². The van der Waals surface area contributed by atoms with Gasteiger partial charge in [0.25, 0.3) is 0 Å². The number of ketones is 1. The number of carbonyl (C=O) groups excluding carboxylic acids is 1. The van der Waals surface area contributed by atoms with Crippen molar-refractivity contribution in [3.05, 3.63) is 0 Å². The molecule has 0 aromatic heterocycles. The Morgan fingerprint density at radius 1 is 1.00 bits per heavy atom. The fourth-order valence-electron chi connectivity index (χ4n) is 3.23. The number of hydrogen-bond donors (Lipinski definition) is 0. The summed E-state index contributed by atoms with van der Waals surface area (Å²) in [6, 6.07) is 0. The van der Waals surface area contributed by atoms with Crippen LogP contribution in [-0.2, 0) is 4.79 Å². The SMILES string of the molecule is CCCCCCCC(=O)C1(N(C)C)CCCCC1. The molecule has 0 saturated heterocycles. The Morgan fingerprint density at radius 3 is 2.17 bits per heavy atom. The van der Waals surface area contributed by atoms with Gasteiger partial charge in [-0.3, -0.25) is 9.69 Å². The third-order valence-corrected chi connectivity index (χ3v) is 4.56. The molecule has 1 saturated carbocycles. The van der Waals surface area contributed by atoms with E-state index in [-0.39, 0.29) is 5.54 Å². The summed E-state index contributed by atoms with van der Waals surface area (Å²) in [6.45, 7) is 2.23. The van der Waals surface area contributed by atoms with Gasteiger partial charge in [0.15, 0.2) is 5.78 Å². The number of hydrogen-bond acceptors (Lipinski definition) is 2. The highest BCUT2D eigenvalue weighted by atomic mass is 16.1. The van der Waals surface area contributed by atoms with Gasteiger partial charge in [-0.15, -0.1) is 0 Å². The average molecular weight is 253 g/mol. The molecule has 1 fully saturated rings. The molecule has 0 aromatic rings. The van der Waals surface area contributed by atoms with Gasteiger partial charge in [-0.05, 0) is 33.4 Å². The highest BCUT2D eigenvalue weighted by Gasteiger charge is 2.40. The largest absolute Gasteiger partial charge is 0.298 e. The third kappa shape index (κ3) is 4.08. The van der Waals surface area contributed by atoms with Gasteiger partial charge < -0.3 is 0 Å². The quantitative estimate of drug-likeness (QED) is 0.605. The number of Topliss-reactive ketones (excluding diaryl/α,β-unsaturated/α-hetero) is 1.